The molecule has 2 aromatic carbocycles. The Kier molecular flexibility index (Phi) is 3.44. The lowest BCUT2D eigenvalue weighted by Gasteiger charge is -1.99. The number of benzene rings is 2. The molecule has 0 radical (unpaired) electrons. The van der Waals surface area contributed by atoms with Gasteiger partial charge in [0.05, 0.1) is 0 Å². The quantitative estimate of drug-likeness (QED) is 0.795. The van der Waals surface area contributed by atoms with Gasteiger partial charge in [0.1, 0.15) is 5.75 Å². The van der Waals surface area contributed by atoms with Crippen molar-refractivity contribution in [3.05, 3.63) is 65.0 Å². The lowest BCUT2D eigenvalue weighted by atomic mass is 10.1. The summed E-state index contributed by atoms with van der Waals surface area (Å²) < 4.78 is 5.30. The molecule has 3 aromatic rings. The van der Waals surface area contributed by atoms with Gasteiger partial charge in [-0.25, -0.2) is 0 Å². The van der Waals surface area contributed by atoms with Crippen LogP contribution in [0.25, 0.3) is 11.5 Å². The smallest absolute Gasteiger partial charge is 0.257 e. The lowest BCUT2D eigenvalue weighted by molar-refractivity contribution is 0.423. The lowest BCUT2D eigenvalue weighted by Crippen LogP contribution is -1.91. The summed E-state index contributed by atoms with van der Waals surface area (Å²) in [4.78, 5) is 4.41. The monoisotopic (exact) mass is 280 g/mol. The topological polar surface area (TPSA) is 59.2 Å². The summed E-state index contributed by atoms with van der Waals surface area (Å²) in [6, 6.07) is 13.5. The third-order valence-electron chi connectivity index (χ3n) is 3.39. The van der Waals surface area contributed by atoms with Gasteiger partial charge in [0.25, 0.3) is 5.89 Å². The Morgan fingerprint density at radius 2 is 1.81 bits per heavy atom. The van der Waals surface area contributed by atoms with E-state index in [1.54, 1.807) is 12.1 Å². The van der Waals surface area contributed by atoms with Crippen LogP contribution < -0.4 is 0 Å². The van der Waals surface area contributed by atoms with E-state index in [2.05, 4.69) is 41.3 Å². The van der Waals surface area contributed by atoms with Gasteiger partial charge >= 0.3 is 0 Å². The first-order valence-corrected chi connectivity index (χ1v) is 6.80. The molecule has 0 aliphatic heterocycles. The average Bonchev–Trinajstić information content (AvgIpc) is 2.93. The van der Waals surface area contributed by atoms with Crippen LogP contribution in [0.4, 0.5) is 0 Å². The Balaban J connectivity index is 1.82. The number of nitrogens with zero attached hydrogens (tertiary/aromatic N) is 2. The van der Waals surface area contributed by atoms with E-state index >= 15 is 0 Å². The Bertz CT molecular complexity index is 761. The molecule has 1 aromatic heterocycles. The number of aryl methyl sites for hydroxylation is 2. The van der Waals surface area contributed by atoms with E-state index < -0.39 is 0 Å². The molecular weight excluding hydrogens is 264 g/mol. The second kappa shape index (κ2) is 5.40. The Labute approximate surface area is 123 Å². The molecule has 1 heterocycles. The minimum absolute atomic E-state index is 0.262. The van der Waals surface area contributed by atoms with Crippen LogP contribution in [-0.2, 0) is 6.42 Å². The molecule has 0 amide bonds. The molecule has 0 aliphatic rings. The second-order valence-electron chi connectivity index (χ2n) is 5.18. The zero-order valence-corrected chi connectivity index (χ0v) is 12.0. The standard InChI is InChI=1S/C17H16N2O2/c1-11-3-5-13(6-4-11)10-16-18-17(21-19-16)14-7-8-15(20)12(2)9-14/h3-9,20H,10H2,1-2H3. The Morgan fingerprint density at radius 3 is 2.52 bits per heavy atom. The highest BCUT2D eigenvalue weighted by Crippen LogP contribution is 2.24. The molecule has 3 rings (SSSR count). The summed E-state index contributed by atoms with van der Waals surface area (Å²) in [7, 11) is 0. The summed E-state index contributed by atoms with van der Waals surface area (Å²) in [6.45, 7) is 3.89. The molecular formula is C17H16N2O2. The van der Waals surface area contributed by atoms with Gasteiger partial charge in [-0.3, -0.25) is 0 Å². The predicted molar refractivity (Wildman–Crippen MR) is 80.1 cm³/mol. The summed E-state index contributed by atoms with van der Waals surface area (Å²) in [5.74, 6) is 1.39. The van der Waals surface area contributed by atoms with E-state index in [0.717, 1.165) is 16.7 Å². The molecule has 4 nitrogen and oxygen atoms in total. The number of hydrogen-bond donors (Lipinski definition) is 1. The third-order valence-corrected chi connectivity index (χ3v) is 3.39. The van der Waals surface area contributed by atoms with E-state index in [4.69, 9.17) is 4.52 Å². The van der Waals surface area contributed by atoms with Gasteiger partial charge in [-0.2, -0.15) is 4.98 Å². The Hall–Kier alpha value is -2.62. The fourth-order valence-electron chi connectivity index (χ4n) is 2.12. The summed E-state index contributed by atoms with van der Waals surface area (Å²) >= 11 is 0. The SMILES string of the molecule is Cc1ccc(Cc2noc(-c3ccc(O)c(C)c3)n2)cc1. The van der Waals surface area contributed by atoms with Gasteiger partial charge in [-0.05, 0) is 43.2 Å². The van der Waals surface area contributed by atoms with Crippen LogP contribution in [0.5, 0.6) is 5.75 Å². The van der Waals surface area contributed by atoms with E-state index in [9.17, 15) is 5.11 Å². The Morgan fingerprint density at radius 1 is 1.05 bits per heavy atom. The zero-order valence-electron chi connectivity index (χ0n) is 12.0. The van der Waals surface area contributed by atoms with Crippen molar-refractivity contribution in [1.29, 1.82) is 0 Å². The molecule has 21 heavy (non-hydrogen) atoms. The molecule has 0 spiro atoms. The highest BCUT2D eigenvalue weighted by molar-refractivity contribution is 5.56. The maximum Gasteiger partial charge on any atom is 0.257 e. The van der Waals surface area contributed by atoms with Gasteiger partial charge < -0.3 is 9.63 Å². The van der Waals surface area contributed by atoms with Crippen molar-refractivity contribution < 1.29 is 9.63 Å². The molecule has 106 valence electrons. The van der Waals surface area contributed by atoms with E-state index in [-0.39, 0.29) is 5.75 Å². The van der Waals surface area contributed by atoms with Crippen molar-refractivity contribution in [1.82, 2.24) is 10.1 Å². The van der Waals surface area contributed by atoms with Gasteiger partial charge in [0, 0.05) is 12.0 Å². The summed E-state index contributed by atoms with van der Waals surface area (Å²) in [5, 5.41) is 13.6. The number of phenols is 1. The van der Waals surface area contributed by atoms with Crippen molar-refractivity contribution in [3.63, 3.8) is 0 Å². The van der Waals surface area contributed by atoms with Crippen LogP contribution in [0.1, 0.15) is 22.5 Å². The maximum absolute atomic E-state index is 9.55. The molecule has 0 fully saturated rings. The molecule has 0 unspecified atom stereocenters. The van der Waals surface area contributed by atoms with Crippen LogP contribution >= 0.6 is 0 Å². The van der Waals surface area contributed by atoms with E-state index in [1.165, 1.54) is 5.56 Å². The van der Waals surface area contributed by atoms with Crippen LogP contribution in [0.2, 0.25) is 0 Å². The second-order valence-corrected chi connectivity index (χ2v) is 5.18. The van der Waals surface area contributed by atoms with Crippen LogP contribution in [0.3, 0.4) is 0 Å². The highest BCUT2D eigenvalue weighted by Gasteiger charge is 2.10. The fraction of sp³-hybridized carbons (Fsp3) is 0.176. The molecule has 4 heteroatoms. The summed E-state index contributed by atoms with van der Waals surface area (Å²) in [6.07, 6.45) is 0.640. The summed E-state index contributed by atoms with van der Waals surface area (Å²) in [5.41, 5.74) is 3.97. The molecule has 0 saturated carbocycles. The van der Waals surface area contributed by atoms with Crippen molar-refractivity contribution in [2.75, 3.05) is 0 Å². The fourth-order valence-corrected chi connectivity index (χ4v) is 2.12. The molecule has 0 saturated heterocycles. The van der Waals surface area contributed by atoms with E-state index in [0.29, 0.717) is 18.1 Å². The minimum Gasteiger partial charge on any atom is -0.508 e. The van der Waals surface area contributed by atoms with Crippen molar-refractivity contribution in [3.8, 4) is 17.2 Å². The van der Waals surface area contributed by atoms with Crippen molar-refractivity contribution in [2.45, 2.75) is 20.3 Å². The average molecular weight is 280 g/mol. The maximum atomic E-state index is 9.55. The van der Waals surface area contributed by atoms with Gasteiger partial charge in [-0.15, -0.1) is 0 Å². The van der Waals surface area contributed by atoms with Crippen LogP contribution in [0, 0.1) is 13.8 Å². The number of hydrogen-bond acceptors (Lipinski definition) is 4. The molecule has 0 aliphatic carbocycles. The number of rotatable bonds is 3. The predicted octanol–water partition coefficient (Wildman–Crippen LogP) is 3.65. The van der Waals surface area contributed by atoms with Gasteiger partial charge in [0.15, 0.2) is 5.82 Å². The van der Waals surface area contributed by atoms with E-state index in [1.807, 2.05) is 13.0 Å². The minimum atomic E-state index is 0.262. The van der Waals surface area contributed by atoms with Crippen molar-refractivity contribution >= 4 is 0 Å². The molecule has 0 atom stereocenters. The molecule has 0 bridgehead atoms. The highest BCUT2D eigenvalue weighted by atomic mass is 16.5. The van der Waals surface area contributed by atoms with Crippen LogP contribution in [0.15, 0.2) is 47.0 Å². The normalized spacial score (nSPS) is 10.8. The van der Waals surface area contributed by atoms with Crippen LogP contribution in [-0.4, -0.2) is 15.2 Å². The largest absolute Gasteiger partial charge is 0.508 e. The first kappa shape index (κ1) is 13.4. The van der Waals surface area contributed by atoms with Gasteiger partial charge in [-0.1, -0.05) is 35.0 Å². The number of aromatic hydroxyl groups is 1. The van der Waals surface area contributed by atoms with Crippen molar-refractivity contribution in [2.24, 2.45) is 0 Å². The third kappa shape index (κ3) is 2.94. The molecule has 1 N–H and O–H groups in total. The first-order valence-electron chi connectivity index (χ1n) is 6.80. The zero-order chi connectivity index (χ0) is 14.8. The van der Waals surface area contributed by atoms with Gasteiger partial charge in [0.2, 0.25) is 0 Å². The number of phenolic OH excluding ortho intramolecular Hbond substituents is 1. The first-order chi connectivity index (χ1) is 10.1. The number of aromatic nitrogens is 2.